The van der Waals surface area contributed by atoms with Gasteiger partial charge in [0.2, 0.25) is 0 Å². The van der Waals surface area contributed by atoms with Gasteiger partial charge in [0.15, 0.2) is 0 Å². The highest BCUT2D eigenvalue weighted by atomic mass is 16.5. The van der Waals surface area contributed by atoms with E-state index in [4.69, 9.17) is 4.74 Å². The molecule has 7 heteroatoms. The molecule has 2 aliphatic heterocycles. The molecule has 0 saturated carbocycles. The van der Waals surface area contributed by atoms with Crippen LogP contribution in [0.3, 0.4) is 0 Å². The number of aromatic nitrogens is 5. The zero-order valence-electron chi connectivity index (χ0n) is 48.3. The molecule has 2 aliphatic rings. The largest absolute Gasteiger partial charge is 0.458 e. The molecule has 0 bridgehead atoms. The van der Waals surface area contributed by atoms with Crippen LogP contribution in [0.15, 0.2) is 273 Å². The van der Waals surface area contributed by atoms with Crippen LogP contribution in [0.4, 0.5) is 0 Å². The highest BCUT2D eigenvalue weighted by Gasteiger charge is 2.42. The van der Waals surface area contributed by atoms with E-state index in [1.807, 2.05) is 0 Å². The Morgan fingerprint density at radius 1 is 0.284 bits per heavy atom. The molecular formula is C81H52BN5O. The topological polar surface area (TPSA) is 33.9 Å². The predicted molar refractivity (Wildman–Crippen MR) is 369 cm³/mol. The van der Waals surface area contributed by atoms with Crippen LogP contribution < -0.4 is 21.1 Å². The van der Waals surface area contributed by atoms with E-state index in [0.29, 0.717) is 0 Å². The van der Waals surface area contributed by atoms with Gasteiger partial charge in [-0.15, -0.1) is 0 Å². The molecule has 0 unspecified atom stereocenters. The summed E-state index contributed by atoms with van der Waals surface area (Å²) in [5, 5.41) is 12.3. The average molecular weight is 1120 g/mol. The van der Waals surface area contributed by atoms with E-state index >= 15 is 0 Å². The van der Waals surface area contributed by atoms with Crippen molar-refractivity contribution >= 4 is 132 Å². The predicted octanol–water partition coefficient (Wildman–Crippen LogP) is 18.9. The van der Waals surface area contributed by atoms with E-state index in [2.05, 4.69) is 310 Å². The first kappa shape index (κ1) is 48.0. The lowest BCUT2D eigenvalue weighted by atomic mass is 9.34. The van der Waals surface area contributed by atoms with Gasteiger partial charge in [-0.05, 0) is 160 Å². The Bertz CT molecular complexity index is 5980. The second-order valence-corrected chi connectivity index (χ2v) is 24.6. The van der Waals surface area contributed by atoms with Crippen LogP contribution in [0, 0.1) is 0 Å². The van der Waals surface area contributed by atoms with Gasteiger partial charge in [0.1, 0.15) is 11.5 Å². The van der Waals surface area contributed by atoms with E-state index in [-0.39, 0.29) is 12.6 Å². The number of benzene rings is 13. The van der Waals surface area contributed by atoms with Crippen molar-refractivity contribution in [1.29, 1.82) is 0 Å². The van der Waals surface area contributed by atoms with Crippen LogP contribution in [0.25, 0.3) is 149 Å². The minimum Gasteiger partial charge on any atom is -0.458 e. The average Bonchev–Trinajstić information content (AvgIpc) is 1.45. The van der Waals surface area contributed by atoms with Gasteiger partial charge in [-0.1, -0.05) is 166 Å². The van der Waals surface area contributed by atoms with Gasteiger partial charge in [0.05, 0.1) is 49.7 Å². The van der Waals surface area contributed by atoms with Gasteiger partial charge >= 0.3 is 0 Å². The van der Waals surface area contributed by atoms with E-state index < -0.39 is 0 Å². The minimum atomic E-state index is -0.116. The monoisotopic (exact) mass is 1120 g/mol. The Hall–Kier alpha value is -11.3. The highest BCUT2D eigenvalue weighted by molar-refractivity contribution is 6.99. The number of hydrogen-bond acceptors (Lipinski definition) is 1. The summed E-state index contributed by atoms with van der Waals surface area (Å²) in [6.07, 6.45) is 0. The molecule has 0 fully saturated rings. The van der Waals surface area contributed by atoms with Crippen LogP contribution in [-0.2, 0) is 0 Å². The molecule has 13 aromatic carbocycles. The summed E-state index contributed by atoms with van der Waals surface area (Å²) in [5.41, 5.74) is 24.7. The molecule has 7 heterocycles. The van der Waals surface area contributed by atoms with Crippen LogP contribution in [-0.4, -0.2) is 29.5 Å². The minimum absolute atomic E-state index is 0.116. The van der Waals surface area contributed by atoms with Gasteiger partial charge in [-0.25, -0.2) is 0 Å². The van der Waals surface area contributed by atoms with Crippen molar-refractivity contribution in [2.45, 2.75) is 19.8 Å². The molecule has 20 rings (SSSR count). The summed E-state index contributed by atoms with van der Waals surface area (Å²) in [4.78, 5) is 0. The third-order valence-corrected chi connectivity index (χ3v) is 19.7. The van der Waals surface area contributed by atoms with Crippen molar-refractivity contribution in [3.8, 4) is 51.1 Å². The van der Waals surface area contributed by atoms with Gasteiger partial charge in [0.25, 0.3) is 6.71 Å². The lowest BCUT2D eigenvalue weighted by Crippen LogP contribution is -2.58. The Morgan fingerprint density at radius 3 is 1.16 bits per heavy atom. The molecule has 0 saturated heterocycles. The van der Waals surface area contributed by atoms with E-state index in [1.54, 1.807) is 0 Å². The smallest absolute Gasteiger partial charge is 0.256 e. The summed E-state index contributed by atoms with van der Waals surface area (Å²) in [6, 6.07) is 102. The van der Waals surface area contributed by atoms with Gasteiger partial charge in [0, 0.05) is 87.8 Å². The fourth-order valence-corrected chi connectivity index (χ4v) is 15.8. The Labute approximate surface area is 506 Å². The SMILES string of the molecule is CC(C)c1cc2c3c(c1)-n1c4ccc(-n5c6ccccc6c6cc(-n7c8ccccc8c8ccccc87)ccc65)cc4c4cc(-n5c6ccccc6c6cc(-n7c8ccccc8c8ccccc87)ccc65)cc(c41)B3c1ccc(-c3ccccc3)cc1O2. The zero-order chi connectivity index (χ0) is 57.6. The van der Waals surface area contributed by atoms with Crippen molar-refractivity contribution in [3.63, 3.8) is 0 Å². The van der Waals surface area contributed by atoms with Crippen molar-refractivity contribution in [2.24, 2.45) is 0 Å². The molecule has 88 heavy (non-hydrogen) atoms. The third-order valence-electron chi connectivity index (χ3n) is 19.7. The van der Waals surface area contributed by atoms with Crippen LogP contribution in [0.2, 0.25) is 0 Å². The second-order valence-electron chi connectivity index (χ2n) is 24.6. The molecule has 410 valence electrons. The van der Waals surface area contributed by atoms with Crippen molar-refractivity contribution < 1.29 is 4.74 Å². The number of ether oxygens (including phenoxy) is 1. The molecule has 6 nitrogen and oxygen atoms in total. The summed E-state index contributed by atoms with van der Waals surface area (Å²) in [6.45, 7) is 4.48. The maximum Gasteiger partial charge on any atom is 0.256 e. The van der Waals surface area contributed by atoms with E-state index in [9.17, 15) is 0 Å². The van der Waals surface area contributed by atoms with Gasteiger partial charge in [-0.3, -0.25) is 0 Å². The van der Waals surface area contributed by atoms with Crippen LogP contribution in [0.5, 0.6) is 11.5 Å². The van der Waals surface area contributed by atoms with Crippen molar-refractivity contribution in [3.05, 3.63) is 279 Å². The lowest BCUT2D eigenvalue weighted by molar-refractivity contribution is 0.486. The lowest BCUT2D eigenvalue weighted by Gasteiger charge is -2.34. The molecule has 0 N–H and O–H groups in total. The normalized spacial score (nSPS) is 12.8. The Morgan fingerprint density at radius 2 is 0.682 bits per heavy atom. The maximum absolute atomic E-state index is 7.29. The van der Waals surface area contributed by atoms with Crippen molar-refractivity contribution in [1.82, 2.24) is 22.8 Å². The number of nitrogens with zero attached hydrogens (tertiary/aromatic N) is 5. The molecule has 0 spiro atoms. The molecule has 18 aromatic rings. The fraction of sp³-hybridized carbons (Fsp3) is 0.0370. The second kappa shape index (κ2) is 17.7. The fourth-order valence-electron chi connectivity index (χ4n) is 15.8. The molecule has 0 radical (unpaired) electrons. The zero-order valence-corrected chi connectivity index (χ0v) is 48.3. The first-order valence-electron chi connectivity index (χ1n) is 30.7. The van der Waals surface area contributed by atoms with Gasteiger partial charge in [-0.2, -0.15) is 0 Å². The van der Waals surface area contributed by atoms with E-state index in [1.165, 1.54) is 120 Å². The maximum atomic E-state index is 7.29. The van der Waals surface area contributed by atoms with Crippen LogP contribution >= 0.6 is 0 Å². The highest BCUT2D eigenvalue weighted by Crippen LogP contribution is 2.45. The summed E-state index contributed by atoms with van der Waals surface area (Å²) < 4.78 is 19.8. The summed E-state index contributed by atoms with van der Waals surface area (Å²) in [7, 11) is 0. The van der Waals surface area contributed by atoms with Gasteiger partial charge < -0.3 is 27.6 Å². The molecule has 0 amide bonds. The molecule has 5 aromatic heterocycles. The molecule has 0 atom stereocenters. The number of rotatable bonds is 6. The third kappa shape index (κ3) is 6.46. The Balaban J connectivity index is 0.862. The van der Waals surface area contributed by atoms with E-state index in [0.717, 1.165) is 61.9 Å². The number of hydrogen-bond donors (Lipinski definition) is 0. The summed E-state index contributed by atoms with van der Waals surface area (Å²) >= 11 is 0. The number of fused-ring (bicyclic) bond motifs is 19. The van der Waals surface area contributed by atoms with Crippen molar-refractivity contribution in [2.75, 3.05) is 0 Å². The molecule has 0 aliphatic carbocycles. The quantitative estimate of drug-likeness (QED) is 0.153. The first-order chi connectivity index (χ1) is 43.5. The first-order valence-corrected chi connectivity index (χ1v) is 30.7. The standard InChI is InChI=1S/C81H52BN5O/c1-48(2)51-40-77-80-79(42-51)88-78-41-50(49-18-4-3-5-19-49)32-36-66(78)82(80)67-47-55(86-73-31-17-11-25-61(73)63-44-53(34-38-75(63)86)84-70-28-14-8-22-58(70)59-23-9-15-29-71(59)84)46-65-64-45-54(35-39-76(64)87(77)81(65)67)85-72-30-16-10-24-60(72)62-43-52(33-37-74(62)85)83-68-26-12-6-20-56(68)57-21-7-13-27-69(57)83/h3-48H,1-2H3. The Kier molecular flexibility index (Phi) is 9.64. The van der Waals surface area contributed by atoms with Crippen LogP contribution in [0.1, 0.15) is 25.3 Å². The number of para-hydroxylation sites is 6. The molecular weight excluding hydrogens is 1070 g/mol. The summed E-state index contributed by atoms with van der Waals surface area (Å²) in [5.74, 6) is 2.09.